The van der Waals surface area contributed by atoms with Crippen molar-refractivity contribution in [2.24, 2.45) is 0 Å². The van der Waals surface area contributed by atoms with Crippen LogP contribution < -0.4 is 0 Å². The predicted octanol–water partition coefficient (Wildman–Crippen LogP) is 5.14. The number of rotatable bonds is 2. The van der Waals surface area contributed by atoms with Gasteiger partial charge in [0.25, 0.3) is 0 Å². The molecule has 0 fully saturated rings. The van der Waals surface area contributed by atoms with Crippen LogP contribution in [0.5, 0.6) is 0 Å². The first-order chi connectivity index (χ1) is 9.66. The quantitative estimate of drug-likeness (QED) is 0.596. The molecule has 1 nitrogen and oxygen atoms in total. The van der Waals surface area contributed by atoms with Gasteiger partial charge < -0.3 is 0 Å². The molecule has 0 saturated heterocycles. The normalized spacial score (nSPS) is 10.7. The van der Waals surface area contributed by atoms with E-state index in [0.717, 1.165) is 26.4 Å². The van der Waals surface area contributed by atoms with Crippen LogP contribution in [0, 0.1) is 6.92 Å². The molecule has 2 heteroatoms. The van der Waals surface area contributed by atoms with Crippen molar-refractivity contribution in [2.45, 2.75) is 6.92 Å². The summed E-state index contributed by atoms with van der Waals surface area (Å²) in [5.74, 6) is 0.0497. The van der Waals surface area contributed by atoms with E-state index in [-0.39, 0.29) is 5.78 Å². The van der Waals surface area contributed by atoms with E-state index in [4.69, 9.17) is 0 Å². The van der Waals surface area contributed by atoms with Crippen molar-refractivity contribution in [3.05, 3.63) is 81.8 Å². The molecule has 0 aliphatic rings. The molecule has 0 unspecified atom stereocenters. The number of carbonyl (C=O) groups is 1. The van der Waals surface area contributed by atoms with Crippen LogP contribution in [0.25, 0.3) is 10.8 Å². The lowest BCUT2D eigenvalue weighted by molar-refractivity contribution is 0.103. The molecule has 0 amide bonds. The highest BCUT2D eigenvalue weighted by molar-refractivity contribution is 9.10. The molecule has 0 radical (unpaired) electrons. The number of hydrogen-bond donors (Lipinski definition) is 0. The van der Waals surface area contributed by atoms with Crippen LogP contribution in [0.3, 0.4) is 0 Å². The lowest BCUT2D eigenvalue weighted by Crippen LogP contribution is -2.03. The summed E-state index contributed by atoms with van der Waals surface area (Å²) >= 11 is 3.49. The Bertz CT molecular complexity index is 800. The largest absolute Gasteiger partial charge is 0.289 e. The van der Waals surface area contributed by atoms with Gasteiger partial charge in [-0.15, -0.1) is 0 Å². The second-order valence-corrected chi connectivity index (χ2v) is 5.69. The second kappa shape index (κ2) is 5.22. The van der Waals surface area contributed by atoms with Crippen LogP contribution in [0.2, 0.25) is 0 Å². The van der Waals surface area contributed by atoms with Crippen LogP contribution in [-0.4, -0.2) is 5.78 Å². The fourth-order valence-electron chi connectivity index (χ4n) is 2.37. The summed E-state index contributed by atoms with van der Waals surface area (Å²) in [6.07, 6.45) is 0. The summed E-state index contributed by atoms with van der Waals surface area (Å²) in [7, 11) is 0. The predicted molar refractivity (Wildman–Crippen MR) is 86.3 cm³/mol. The number of carbonyl (C=O) groups excluding carboxylic acids is 1. The first-order valence-electron chi connectivity index (χ1n) is 6.45. The van der Waals surface area contributed by atoms with E-state index in [1.807, 2.05) is 67.6 Å². The van der Waals surface area contributed by atoms with Gasteiger partial charge in [0.15, 0.2) is 5.78 Å². The molecule has 0 spiro atoms. The molecule has 0 bridgehead atoms. The maximum Gasteiger partial charge on any atom is 0.194 e. The molecule has 0 saturated carbocycles. The van der Waals surface area contributed by atoms with Crippen molar-refractivity contribution in [1.82, 2.24) is 0 Å². The monoisotopic (exact) mass is 324 g/mol. The molecule has 0 atom stereocenters. The molecule has 0 aliphatic carbocycles. The zero-order chi connectivity index (χ0) is 14.1. The summed E-state index contributed by atoms with van der Waals surface area (Å²) < 4.78 is 0.843. The summed E-state index contributed by atoms with van der Waals surface area (Å²) in [5.41, 5.74) is 2.57. The Morgan fingerprint density at radius 1 is 0.900 bits per heavy atom. The van der Waals surface area contributed by atoms with Crippen molar-refractivity contribution in [1.29, 1.82) is 0 Å². The minimum absolute atomic E-state index is 0.0497. The van der Waals surface area contributed by atoms with Gasteiger partial charge in [-0.1, -0.05) is 64.5 Å². The molecule has 0 aliphatic heterocycles. The van der Waals surface area contributed by atoms with Gasteiger partial charge in [-0.25, -0.2) is 0 Å². The van der Waals surface area contributed by atoms with E-state index >= 15 is 0 Å². The molecule has 3 rings (SSSR count). The summed E-state index contributed by atoms with van der Waals surface area (Å²) in [5, 5.41) is 2.08. The Hall–Kier alpha value is -1.93. The summed E-state index contributed by atoms with van der Waals surface area (Å²) in [6, 6.07) is 19.6. The third kappa shape index (κ3) is 2.27. The van der Waals surface area contributed by atoms with E-state index in [1.165, 1.54) is 0 Å². The second-order valence-electron chi connectivity index (χ2n) is 4.84. The average molecular weight is 325 g/mol. The Kier molecular flexibility index (Phi) is 3.41. The van der Waals surface area contributed by atoms with Crippen LogP contribution >= 0.6 is 15.9 Å². The SMILES string of the molecule is Cc1ccc(C(=O)c2cccc3ccccc23)c(Br)c1. The fourth-order valence-corrected chi connectivity index (χ4v) is 3.05. The minimum atomic E-state index is 0.0497. The van der Waals surface area contributed by atoms with E-state index in [1.54, 1.807) is 0 Å². The third-order valence-electron chi connectivity index (χ3n) is 3.40. The highest BCUT2D eigenvalue weighted by Crippen LogP contribution is 2.25. The van der Waals surface area contributed by atoms with Gasteiger partial charge in [0.1, 0.15) is 0 Å². The Morgan fingerprint density at radius 3 is 2.45 bits per heavy atom. The number of halogens is 1. The maximum atomic E-state index is 12.8. The number of hydrogen-bond acceptors (Lipinski definition) is 1. The maximum absolute atomic E-state index is 12.8. The molecule has 3 aromatic rings. The van der Waals surface area contributed by atoms with Gasteiger partial charge in [0.05, 0.1) is 0 Å². The van der Waals surface area contributed by atoms with E-state index in [0.29, 0.717) is 5.56 Å². The van der Waals surface area contributed by atoms with Gasteiger partial charge in [-0.05, 0) is 35.4 Å². The number of benzene rings is 3. The third-order valence-corrected chi connectivity index (χ3v) is 4.06. The van der Waals surface area contributed by atoms with Crippen molar-refractivity contribution in [3.63, 3.8) is 0 Å². The van der Waals surface area contributed by atoms with Crippen LogP contribution in [-0.2, 0) is 0 Å². The van der Waals surface area contributed by atoms with E-state index in [2.05, 4.69) is 15.9 Å². The topological polar surface area (TPSA) is 17.1 Å². The molecule has 0 aromatic heterocycles. The van der Waals surface area contributed by atoms with E-state index in [9.17, 15) is 4.79 Å². The molecule has 98 valence electrons. The van der Waals surface area contributed by atoms with Gasteiger partial charge in [-0.2, -0.15) is 0 Å². The molecular weight excluding hydrogens is 312 g/mol. The van der Waals surface area contributed by atoms with Crippen LogP contribution in [0.4, 0.5) is 0 Å². The number of ketones is 1. The molecule has 0 heterocycles. The molecular formula is C18H13BrO. The highest BCUT2D eigenvalue weighted by atomic mass is 79.9. The number of aryl methyl sites for hydroxylation is 1. The van der Waals surface area contributed by atoms with Crippen molar-refractivity contribution >= 4 is 32.5 Å². The smallest absolute Gasteiger partial charge is 0.194 e. The summed E-state index contributed by atoms with van der Waals surface area (Å²) in [4.78, 5) is 12.8. The molecule has 3 aromatic carbocycles. The van der Waals surface area contributed by atoms with Gasteiger partial charge in [0, 0.05) is 15.6 Å². The summed E-state index contributed by atoms with van der Waals surface area (Å²) in [6.45, 7) is 2.01. The Balaban J connectivity index is 2.18. The molecule has 20 heavy (non-hydrogen) atoms. The lowest BCUT2D eigenvalue weighted by Gasteiger charge is -2.08. The van der Waals surface area contributed by atoms with Gasteiger partial charge >= 0.3 is 0 Å². The first kappa shape index (κ1) is 13.1. The van der Waals surface area contributed by atoms with Crippen molar-refractivity contribution in [3.8, 4) is 0 Å². The zero-order valence-electron chi connectivity index (χ0n) is 11.1. The lowest BCUT2D eigenvalue weighted by atomic mass is 9.97. The Labute approximate surface area is 126 Å². The van der Waals surface area contributed by atoms with Crippen LogP contribution in [0.1, 0.15) is 21.5 Å². The zero-order valence-corrected chi connectivity index (χ0v) is 12.6. The van der Waals surface area contributed by atoms with Crippen molar-refractivity contribution in [2.75, 3.05) is 0 Å². The van der Waals surface area contributed by atoms with Crippen molar-refractivity contribution < 1.29 is 4.79 Å². The van der Waals surface area contributed by atoms with Crippen LogP contribution in [0.15, 0.2) is 65.1 Å². The van der Waals surface area contributed by atoms with Gasteiger partial charge in [0.2, 0.25) is 0 Å². The first-order valence-corrected chi connectivity index (χ1v) is 7.25. The standard InChI is InChI=1S/C18H13BrO/c1-12-9-10-16(17(19)11-12)18(20)15-8-4-6-13-5-2-3-7-14(13)15/h2-11H,1H3. The van der Waals surface area contributed by atoms with E-state index < -0.39 is 0 Å². The average Bonchev–Trinajstić information content (AvgIpc) is 2.46. The Morgan fingerprint density at radius 2 is 1.65 bits per heavy atom. The van der Waals surface area contributed by atoms with Gasteiger partial charge in [-0.3, -0.25) is 4.79 Å². The number of fused-ring (bicyclic) bond motifs is 1. The fraction of sp³-hybridized carbons (Fsp3) is 0.0556. The highest BCUT2D eigenvalue weighted by Gasteiger charge is 2.14. The minimum Gasteiger partial charge on any atom is -0.289 e. The molecule has 0 N–H and O–H groups in total.